The molecule has 23 heavy (non-hydrogen) atoms. The fourth-order valence-electron chi connectivity index (χ4n) is 2.15. The maximum atomic E-state index is 12.1. The zero-order valence-corrected chi connectivity index (χ0v) is 14.4. The van der Waals surface area contributed by atoms with Crippen molar-refractivity contribution in [1.82, 2.24) is 14.3 Å². The molecule has 1 aromatic heterocycles. The van der Waals surface area contributed by atoms with Gasteiger partial charge in [-0.3, -0.25) is 4.79 Å². The van der Waals surface area contributed by atoms with Crippen LogP contribution < -0.4 is 4.74 Å². The molecule has 0 atom stereocenters. The number of ether oxygens (including phenoxy) is 2. The maximum absolute atomic E-state index is 12.1. The van der Waals surface area contributed by atoms with Gasteiger partial charge in [-0.1, -0.05) is 11.8 Å². The molecule has 6 nitrogen and oxygen atoms in total. The van der Waals surface area contributed by atoms with E-state index in [0.717, 1.165) is 15.7 Å². The van der Waals surface area contributed by atoms with Gasteiger partial charge in [0.1, 0.15) is 5.75 Å². The maximum Gasteiger partial charge on any atom is 0.233 e. The van der Waals surface area contributed by atoms with Crippen LogP contribution in [0.4, 0.5) is 0 Å². The number of aromatic nitrogens is 2. The second kappa shape index (κ2) is 7.76. The minimum Gasteiger partial charge on any atom is -0.497 e. The molecule has 1 aliphatic heterocycles. The summed E-state index contributed by atoms with van der Waals surface area (Å²) in [5, 5.41) is 0. The van der Waals surface area contributed by atoms with E-state index in [1.807, 2.05) is 29.2 Å². The summed E-state index contributed by atoms with van der Waals surface area (Å²) in [5.74, 6) is 1.99. The van der Waals surface area contributed by atoms with Crippen LogP contribution in [-0.2, 0) is 9.53 Å². The molecule has 122 valence electrons. The fourth-order valence-corrected chi connectivity index (χ4v) is 3.67. The molecule has 0 N–H and O–H groups in total. The van der Waals surface area contributed by atoms with E-state index in [2.05, 4.69) is 9.36 Å². The molecule has 0 spiro atoms. The largest absolute Gasteiger partial charge is 0.497 e. The van der Waals surface area contributed by atoms with Crippen molar-refractivity contribution in [3.63, 3.8) is 0 Å². The summed E-state index contributed by atoms with van der Waals surface area (Å²) in [6.07, 6.45) is 0. The van der Waals surface area contributed by atoms with Gasteiger partial charge in [-0.15, -0.1) is 0 Å². The van der Waals surface area contributed by atoms with Gasteiger partial charge in [0, 0.05) is 18.7 Å². The lowest BCUT2D eigenvalue weighted by Crippen LogP contribution is -2.41. The summed E-state index contributed by atoms with van der Waals surface area (Å²) < 4.78 is 15.6. The van der Waals surface area contributed by atoms with Crippen LogP contribution >= 0.6 is 23.3 Å². The normalized spacial score (nSPS) is 14.7. The van der Waals surface area contributed by atoms with E-state index in [4.69, 9.17) is 9.47 Å². The average molecular weight is 351 g/mol. The lowest BCUT2D eigenvalue weighted by atomic mass is 10.2. The first-order valence-corrected chi connectivity index (χ1v) is 8.98. The highest BCUT2D eigenvalue weighted by atomic mass is 32.2. The first-order chi connectivity index (χ1) is 11.3. The Morgan fingerprint density at radius 3 is 2.78 bits per heavy atom. The average Bonchev–Trinajstić information content (AvgIpc) is 3.09. The summed E-state index contributed by atoms with van der Waals surface area (Å²) in [6, 6.07) is 7.61. The third kappa shape index (κ3) is 4.21. The third-order valence-corrected chi connectivity index (χ3v) is 5.26. The Bertz CT molecular complexity index is 654. The lowest BCUT2D eigenvalue weighted by Gasteiger charge is -2.26. The molecule has 8 heteroatoms. The number of hydrogen-bond donors (Lipinski definition) is 0. The van der Waals surface area contributed by atoms with Crippen molar-refractivity contribution in [1.29, 1.82) is 0 Å². The molecule has 2 heterocycles. The molecule has 1 amide bonds. The van der Waals surface area contributed by atoms with Gasteiger partial charge in [-0.2, -0.15) is 4.37 Å². The second-order valence-corrected chi connectivity index (χ2v) is 6.87. The number of amides is 1. The number of benzene rings is 1. The van der Waals surface area contributed by atoms with Gasteiger partial charge in [-0.25, -0.2) is 4.98 Å². The summed E-state index contributed by atoms with van der Waals surface area (Å²) in [5.41, 5.74) is 0.938. The van der Waals surface area contributed by atoms with Crippen LogP contribution in [0.25, 0.3) is 11.4 Å². The summed E-state index contributed by atoms with van der Waals surface area (Å²) in [4.78, 5) is 18.4. The van der Waals surface area contributed by atoms with E-state index in [9.17, 15) is 4.79 Å². The summed E-state index contributed by atoms with van der Waals surface area (Å²) in [7, 11) is 1.64. The van der Waals surface area contributed by atoms with E-state index in [0.29, 0.717) is 37.9 Å². The Labute approximate surface area is 143 Å². The number of carbonyl (C=O) groups excluding carboxylic acids is 1. The van der Waals surface area contributed by atoms with Gasteiger partial charge >= 0.3 is 0 Å². The Morgan fingerprint density at radius 2 is 2.09 bits per heavy atom. The van der Waals surface area contributed by atoms with Gasteiger partial charge in [0.2, 0.25) is 5.91 Å². The number of hydrogen-bond acceptors (Lipinski definition) is 7. The number of nitrogens with zero attached hydrogens (tertiary/aromatic N) is 3. The number of rotatable bonds is 5. The molecule has 0 unspecified atom stereocenters. The van der Waals surface area contributed by atoms with Crippen molar-refractivity contribution < 1.29 is 14.3 Å². The second-order valence-electron chi connectivity index (χ2n) is 4.89. The van der Waals surface area contributed by atoms with Crippen molar-refractivity contribution in [3.8, 4) is 17.1 Å². The van der Waals surface area contributed by atoms with Gasteiger partial charge in [0.15, 0.2) is 10.2 Å². The third-order valence-electron chi connectivity index (χ3n) is 3.44. The monoisotopic (exact) mass is 351 g/mol. The van der Waals surface area contributed by atoms with Crippen molar-refractivity contribution in [2.75, 3.05) is 39.2 Å². The van der Waals surface area contributed by atoms with Gasteiger partial charge in [0.25, 0.3) is 0 Å². The van der Waals surface area contributed by atoms with Gasteiger partial charge in [-0.05, 0) is 35.8 Å². The Hall–Kier alpha value is -1.64. The lowest BCUT2D eigenvalue weighted by molar-refractivity contribution is -0.132. The Balaban J connectivity index is 1.57. The standard InChI is InChI=1S/C15H17N3O3S2/c1-20-12-4-2-11(3-5-12)14-16-15(23-17-14)22-10-13(19)18-6-8-21-9-7-18/h2-5H,6-10H2,1H3. The number of thioether (sulfide) groups is 1. The molecule has 2 aromatic rings. The van der Waals surface area contributed by atoms with E-state index in [1.165, 1.54) is 23.3 Å². The summed E-state index contributed by atoms with van der Waals surface area (Å²) >= 11 is 2.75. The van der Waals surface area contributed by atoms with Crippen LogP contribution in [0.15, 0.2) is 28.6 Å². The van der Waals surface area contributed by atoms with E-state index < -0.39 is 0 Å². The van der Waals surface area contributed by atoms with Crippen molar-refractivity contribution in [2.45, 2.75) is 4.34 Å². The first-order valence-electron chi connectivity index (χ1n) is 7.23. The zero-order chi connectivity index (χ0) is 16.1. The molecule has 0 bridgehead atoms. The summed E-state index contributed by atoms with van der Waals surface area (Å²) in [6.45, 7) is 2.59. The Kier molecular flexibility index (Phi) is 5.47. The van der Waals surface area contributed by atoms with E-state index >= 15 is 0 Å². The molecule has 0 radical (unpaired) electrons. The number of carbonyl (C=O) groups is 1. The Morgan fingerprint density at radius 1 is 1.35 bits per heavy atom. The van der Waals surface area contributed by atoms with Crippen LogP contribution in [0.1, 0.15) is 0 Å². The smallest absolute Gasteiger partial charge is 0.233 e. The number of methoxy groups -OCH3 is 1. The minimum absolute atomic E-state index is 0.125. The molecule has 1 saturated heterocycles. The van der Waals surface area contributed by atoms with E-state index in [1.54, 1.807) is 7.11 Å². The molecule has 1 aliphatic rings. The van der Waals surface area contributed by atoms with Crippen LogP contribution in [0, 0.1) is 0 Å². The highest BCUT2D eigenvalue weighted by Gasteiger charge is 2.17. The fraction of sp³-hybridized carbons (Fsp3) is 0.400. The zero-order valence-electron chi connectivity index (χ0n) is 12.7. The predicted molar refractivity (Wildman–Crippen MR) is 90.0 cm³/mol. The quantitative estimate of drug-likeness (QED) is 0.769. The topological polar surface area (TPSA) is 64.5 Å². The first kappa shape index (κ1) is 16.2. The number of morpholine rings is 1. The van der Waals surface area contributed by atoms with Crippen LogP contribution in [0.5, 0.6) is 5.75 Å². The van der Waals surface area contributed by atoms with Gasteiger partial charge in [0.05, 0.1) is 26.1 Å². The van der Waals surface area contributed by atoms with Crippen molar-refractivity contribution in [3.05, 3.63) is 24.3 Å². The van der Waals surface area contributed by atoms with E-state index in [-0.39, 0.29) is 5.91 Å². The highest BCUT2D eigenvalue weighted by Crippen LogP contribution is 2.26. The van der Waals surface area contributed by atoms with Crippen molar-refractivity contribution >= 4 is 29.2 Å². The molecule has 1 aromatic carbocycles. The van der Waals surface area contributed by atoms with Crippen LogP contribution in [0.2, 0.25) is 0 Å². The molecular formula is C15H17N3O3S2. The predicted octanol–water partition coefficient (Wildman–Crippen LogP) is 2.16. The SMILES string of the molecule is COc1ccc(-c2nsc(SCC(=O)N3CCOCC3)n2)cc1. The minimum atomic E-state index is 0.125. The molecule has 3 rings (SSSR count). The molecule has 0 saturated carbocycles. The highest BCUT2D eigenvalue weighted by molar-refractivity contribution is 8.01. The van der Waals surface area contributed by atoms with Crippen molar-refractivity contribution in [2.24, 2.45) is 0 Å². The molecule has 1 fully saturated rings. The van der Waals surface area contributed by atoms with Crippen LogP contribution in [-0.4, -0.2) is 59.3 Å². The molecule has 0 aliphatic carbocycles. The van der Waals surface area contributed by atoms with Crippen LogP contribution in [0.3, 0.4) is 0 Å². The molecular weight excluding hydrogens is 334 g/mol. The van der Waals surface area contributed by atoms with Gasteiger partial charge < -0.3 is 14.4 Å².